The lowest BCUT2D eigenvalue weighted by Crippen LogP contribution is -2.20. The van der Waals surface area contributed by atoms with Gasteiger partial charge in [0.25, 0.3) is 5.91 Å². The first-order chi connectivity index (χ1) is 14.0. The highest BCUT2D eigenvalue weighted by atomic mass is 35.5. The SMILES string of the molecule is Cc1ccc2oc(-c3ccc(C)c(NC(=O)COc4ccc(Cl)cc4)c3)nc2c1. The smallest absolute Gasteiger partial charge is 0.262 e. The maximum atomic E-state index is 12.3. The molecule has 0 aliphatic heterocycles. The van der Waals surface area contributed by atoms with Crippen molar-refractivity contribution in [2.24, 2.45) is 0 Å². The number of fused-ring (bicyclic) bond motifs is 1. The summed E-state index contributed by atoms with van der Waals surface area (Å²) in [5, 5.41) is 3.50. The maximum Gasteiger partial charge on any atom is 0.262 e. The number of rotatable bonds is 5. The molecule has 0 saturated carbocycles. The van der Waals surface area contributed by atoms with Crippen LogP contribution in [0.5, 0.6) is 5.75 Å². The Bertz CT molecular complexity index is 1180. The third kappa shape index (κ3) is 4.41. The molecule has 5 nitrogen and oxygen atoms in total. The first-order valence-corrected chi connectivity index (χ1v) is 9.52. The number of amides is 1. The van der Waals surface area contributed by atoms with Crippen LogP contribution in [0.15, 0.2) is 65.1 Å². The second-order valence-corrected chi connectivity index (χ2v) is 7.25. The van der Waals surface area contributed by atoms with Crippen molar-refractivity contribution in [1.29, 1.82) is 0 Å². The molecule has 29 heavy (non-hydrogen) atoms. The lowest BCUT2D eigenvalue weighted by atomic mass is 10.1. The zero-order chi connectivity index (χ0) is 20.4. The number of nitrogens with zero attached hydrogens (tertiary/aromatic N) is 1. The van der Waals surface area contributed by atoms with Crippen LogP contribution in [0.25, 0.3) is 22.6 Å². The number of carbonyl (C=O) groups excluding carboxylic acids is 1. The molecule has 0 aliphatic rings. The third-order valence-corrected chi connectivity index (χ3v) is 4.74. The average molecular weight is 407 g/mol. The van der Waals surface area contributed by atoms with Crippen molar-refractivity contribution in [2.75, 3.05) is 11.9 Å². The van der Waals surface area contributed by atoms with Crippen LogP contribution < -0.4 is 10.1 Å². The Balaban J connectivity index is 1.50. The van der Waals surface area contributed by atoms with Crippen LogP contribution in [0.3, 0.4) is 0 Å². The summed E-state index contributed by atoms with van der Waals surface area (Å²) < 4.78 is 11.4. The van der Waals surface area contributed by atoms with Crippen molar-refractivity contribution >= 4 is 34.3 Å². The molecule has 6 heteroatoms. The van der Waals surface area contributed by atoms with Gasteiger partial charge in [0.2, 0.25) is 5.89 Å². The Labute approximate surface area is 173 Å². The van der Waals surface area contributed by atoms with Crippen molar-refractivity contribution in [1.82, 2.24) is 4.98 Å². The number of halogens is 1. The largest absolute Gasteiger partial charge is 0.484 e. The molecule has 0 fully saturated rings. The van der Waals surface area contributed by atoms with E-state index in [0.29, 0.717) is 22.4 Å². The van der Waals surface area contributed by atoms with Gasteiger partial charge in [-0.1, -0.05) is 23.7 Å². The van der Waals surface area contributed by atoms with E-state index >= 15 is 0 Å². The zero-order valence-electron chi connectivity index (χ0n) is 16.0. The van der Waals surface area contributed by atoms with Crippen LogP contribution in [0.4, 0.5) is 5.69 Å². The van der Waals surface area contributed by atoms with Crippen LogP contribution in [0.1, 0.15) is 11.1 Å². The second kappa shape index (κ2) is 7.97. The summed E-state index contributed by atoms with van der Waals surface area (Å²) in [5.41, 5.74) is 5.06. The number of oxazole rings is 1. The first-order valence-electron chi connectivity index (χ1n) is 9.14. The number of hydrogen-bond acceptors (Lipinski definition) is 4. The molecule has 1 amide bonds. The Morgan fingerprint density at radius 3 is 2.66 bits per heavy atom. The number of nitrogens with one attached hydrogen (secondary N) is 1. The standard InChI is InChI=1S/C23H19ClN2O3/c1-14-3-10-21-20(11-14)26-23(29-21)16-5-4-15(2)19(12-16)25-22(27)13-28-18-8-6-17(24)7-9-18/h3-12H,13H2,1-2H3,(H,25,27). The van der Waals surface area contributed by atoms with Crippen LogP contribution in [0, 0.1) is 13.8 Å². The van der Waals surface area contributed by atoms with Crippen LogP contribution in [-0.2, 0) is 4.79 Å². The third-order valence-electron chi connectivity index (χ3n) is 4.49. The molecule has 146 valence electrons. The average Bonchev–Trinajstić information content (AvgIpc) is 3.12. The minimum absolute atomic E-state index is 0.104. The highest BCUT2D eigenvalue weighted by Gasteiger charge is 2.12. The van der Waals surface area contributed by atoms with E-state index in [1.54, 1.807) is 24.3 Å². The van der Waals surface area contributed by atoms with Crippen molar-refractivity contribution in [3.05, 3.63) is 76.8 Å². The quantitative estimate of drug-likeness (QED) is 0.456. The molecule has 0 unspecified atom stereocenters. The maximum absolute atomic E-state index is 12.3. The van der Waals surface area contributed by atoms with Gasteiger partial charge in [-0.3, -0.25) is 4.79 Å². The molecule has 4 rings (SSSR count). The van der Waals surface area contributed by atoms with Crippen molar-refractivity contribution in [3.8, 4) is 17.2 Å². The van der Waals surface area contributed by atoms with Gasteiger partial charge in [0.15, 0.2) is 12.2 Å². The molecular weight excluding hydrogens is 388 g/mol. The number of anilines is 1. The van der Waals surface area contributed by atoms with Gasteiger partial charge in [-0.05, 0) is 73.5 Å². The molecule has 0 aliphatic carbocycles. The van der Waals surface area contributed by atoms with Crippen molar-refractivity contribution in [2.45, 2.75) is 13.8 Å². The number of hydrogen-bond donors (Lipinski definition) is 1. The van der Waals surface area contributed by atoms with E-state index in [-0.39, 0.29) is 12.5 Å². The molecule has 4 aromatic rings. The Morgan fingerprint density at radius 1 is 1.07 bits per heavy atom. The van der Waals surface area contributed by atoms with Gasteiger partial charge in [0, 0.05) is 16.3 Å². The molecule has 1 aromatic heterocycles. The minimum atomic E-state index is -0.256. The number of aryl methyl sites for hydroxylation is 2. The predicted molar refractivity (Wildman–Crippen MR) is 114 cm³/mol. The summed E-state index contributed by atoms with van der Waals surface area (Å²) in [4.78, 5) is 16.9. The fourth-order valence-electron chi connectivity index (χ4n) is 2.92. The van der Waals surface area contributed by atoms with Gasteiger partial charge in [0.05, 0.1) is 0 Å². The minimum Gasteiger partial charge on any atom is -0.484 e. The highest BCUT2D eigenvalue weighted by molar-refractivity contribution is 6.30. The number of ether oxygens (including phenoxy) is 1. The Morgan fingerprint density at radius 2 is 1.86 bits per heavy atom. The molecule has 0 bridgehead atoms. The predicted octanol–water partition coefficient (Wildman–Crippen LogP) is 5.78. The van der Waals surface area contributed by atoms with Gasteiger partial charge in [-0.2, -0.15) is 0 Å². The fourth-order valence-corrected chi connectivity index (χ4v) is 3.04. The highest BCUT2D eigenvalue weighted by Crippen LogP contribution is 2.28. The van der Waals surface area contributed by atoms with E-state index in [1.165, 1.54) is 0 Å². The van der Waals surface area contributed by atoms with Crippen LogP contribution >= 0.6 is 11.6 Å². The summed E-state index contributed by atoms with van der Waals surface area (Å²) in [5.74, 6) is 0.837. The summed E-state index contributed by atoms with van der Waals surface area (Å²) in [7, 11) is 0. The molecule has 1 heterocycles. The molecule has 0 atom stereocenters. The molecule has 3 aromatic carbocycles. The summed E-state index contributed by atoms with van der Waals surface area (Å²) in [6.45, 7) is 3.84. The van der Waals surface area contributed by atoms with Gasteiger partial charge < -0.3 is 14.5 Å². The van der Waals surface area contributed by atoms with E-state index in [4.69, 9.17) is 20.8 Å². The van der Waals surface area contributed by atoms with E-state index in [0.717, 1.165) is 27.8 Å². The number of aromatic nitrogens is 1. The summed E-state index contributed by atoms with van der Waals surface area (Å²) in [6, 6.07) is 18.4. The number of carbonyl (C=O) groups is 1. The van der Waals surface area contributed by atoms with E-state index in [1.807, 2.05) is 50.2 Å². The van der Waals surface area contributed by atoms with Crippen LogP contribution in [-0.4, -0.2) is 17.5 Å². The monoisotopic (exact) mass is 406 g/mol. The van der Waals surface area contributed by atoms with Gasteiger partial charge >= 0.3 is 0 Å². The number of benzene rings is 3. The fraction of sp³-hybridized carbons (Fsp3) is 0.130. The lowest BCUT2D eigenvalue weighted by Gasteiger charge is -2.10. The molecule has 1 N–H and O–H groups in total. The topological polar surface area (TPSA) is 64.4 Å². The first kappa shape index (κ1) is 19.0. The molecule has 0 spiro atoms. The Kier molecular flexibility index (Phi) is 5.23. The lowest BCUT2D eigenvalue weighted by molar-refractivity contribution is -0.118. The van der Waals surface area contributed by atoms with E-state index in [9.17, 15) is 4.79 Å². The van der Waals surface area contributed by atoms with Gasteiger partial charge in [-0.25, -0.2) is 4.98 Å². The van der Waals surface area contributed by atoms with Crippen molar-refractivity contribution < 1.29 is 13.9 Å². The van der Waals surface area contributed by atoms with Gasteiger partial charge in [0.1, 0.15) is 11.3 Å². The molecule has 0 saturated heterocycles. The summed E-state index contributed by atoms with van der Waals surface area (Å²) in [6.07, 6.45) is 0. The van der Waals surface area contributed by atoms with Crippen LogP contribution in [0.2, 0.25) is 5.02 Å². The van der Waals surface area contributed by atoms with E-state index < -0.39 is 0 Å². The molecule has 0 radical (unpaired) electrons. The van der Waals surface area contributed by atoms with Crippen molar-refractivity contribution in [3.63, 3.8) is 0 Å². The van der Waals surface area contributed by atoms with Gasteiger partial charge in [-0.15, -0.1) is 0 Å². The van der Waals surface area contributed by atoms with E-state index in [2.05, 4.69) is 10.3 Å². The summed E-state index contributed by atoms with van der Waals surface area (Å²) >= 11 is 5.85. The molecular formula is C23H19ClN2O3. The zero-order valence-corrected chi connectivity index (χ0v) is 16.8. The second-order valence-electron chi connectivity index (χ2n) is 6.81. The Hall–Kier alpha value is -3.31. The normalized spacial score (nSPS) is 10.9.